The second-order valence-corrected chi connectivity index (χ2v) is 6.36. The Kier molecular flexibility index (Phi) is 6.64. The molecule has 5 heteroatoms. The van der Waals surface area contributed by atoms with Crippen molar-refractivity contribution in [1.82, 2.24) is 5.32 Å². The normalized spacial score (nSPS) is 18.9. The molecule has 1 aliphatic rings. The van der Waals surface area contributed by atoms with Crippen LogP contribution >= 0.6 is 0 Å². The van der Waals surface area contributed by atoms with Gasteiger partial charge in [-0.1, -0.05) is 32.4 Å². The van der Waals surface area contributed by atoms with Crippen LogP contribution < -0.4 is 10.1 Å². The highest BCUT2D eigenvalue weighted by Crippen LogP contribution is 2.49. The minimum absolute atomic E-state index is 0.0256. The van der Waals surface area contributed by atoms with Gasteiger partial charge in [0.25, 0.3) is 0 Å². The Morgan fingerprint density at radius 3 is 2.79 bits per heavy atom. The molecule has 0 spiro atoms. The topological polar surface area (TPSA) is 75.6 Å². The molecule has 1 aliphatic carbocycles. The molecule has 0 unspecified atom stereocenters. The molecule has 2 rings (SSSR count). The minimum Gasteiger partial charge on any atom is -0.493 e. The summed E-state index contributed by atoms with van der Waals surface area (Å²) < 4.78 is 5.81. The molecule has 1 saturated carbocycles. The van der Waals surface area contributed by atoms with E-state index in [0.717, 1.165) is 30.4 Å². The molecule has 1 aromatic rings. The SMILES string of the molecule is CCCCOc1cccc([C@@H]2C[C@H]2CNC(=O)CC)c1CC(=O)O. The molecule has 0 saturated heterocycles. The number of ether oxygens (including phenoxy) is 1. The van der Waals surface area contributed by atoms with E-state index in [1.807, 2.05) is 25.1 Å². The van der Waals surface area contributed by atoms with Gasteiger partial charge in [0.05, 0.1) is 13.0 Å². The van der Waals surface area contributed by atoms with E-state index >= 15 is 0 Å². The van der Waals surface area contributed by atoms with Crippen LogP contribution in [0.3, 0.4) is 0 Å². The Balaban J connectivity index is 2.09. The number of unbranched alkanes of at least 4 members (excludes halogenated alkanes) is 1. The van der Waals surface area contributed by atoms with Gasteiger partial charge in [0.2, 0.25) is 5.91 Å². The predicted octanol–water partition coefficient (Wildman–Crippen LogP) is 3.12. The third-order valence-electron chi connectivity index (χ3n) is 4.46. The minimum atomic E-state index is -0.848. The highest BCUT2D eigenvalue weighted by atomic mass is 16.5. The van der Waals surface area contributed by atoms with Gasteiger partial charge in [0.1, 0.15) is 5.75 Å². The number of carbonyl (C=O) groups excluding carboxylic acids is 1. The monoisotopic (exact) mass is 333 g/mol. The number of rotatable bonds is 10. The van der Waals surface area contributed by atoms with Gasteiger partial charge in [-0.3, -0.25) is 9.59 Å². The van der Waals surface area contributed by atoms with Crippen molar-refractivity contribution in [3.8, 4) is 5.75 Å². The van der Waals surface area contributed by atoms with Crippen LogP contribution in [0.2, 0.25) is 0 Å². The number of aliphatic carboxylic acids is 1. The van der Waals surface area contributed by atoms with Crippen LogP contribution in [0.4, 0.5) is 0 Å². The smallest absolute Gasteiger partial charge is 0.307 e. The average molecular weight is 333 g/mol. The van der Waals surface area contributed by atoms with Crippen molar-refractivity contribution in [3.63, 3.8) is 0 Å². The van der Waals surface area contributed by atoms with E-state index in [0.29, 0.717) is 37.2 Å². The van der Waals surface area contributed by atoms with Crippen LogP contribution in [0, 0.1) is 5.92 Å². The number of hydrogen-bond acceptors (Lipinski definition) is 3. The lowest BCUT2D eigenvalue weighted by atomic mass is 9.98. The molecule has 0 heterocycles. The van der Waals surface area contributed by atoms with Gasteiger partial charge in [-0.15, -0.1) is 0 Å². The van der Waals surface area contributed by atoms with E-state index in [9.17, 15) is 14.7 Å². The Hall–Kier alpha value is -2.04. The number of nitrogens with one attached hydrogen (secondary N) is 1. The summed E-state index contributed by atoms with van der Waals surface area (Å²) in [7, 11) is 0. The molecule has 0 radical (unpaired) electrons. The Morgan fingerprint density at radius 2 is 2.12 bits per heavy atom. The maximum Gasteiger partial charge on any atom is 0.307 e. The fourth-order valence-electron chi connectivity index (χ4n) is 2.96. The molecule has 1 aromatic carbocycles. The standard InChI is InChI=1S/C19H27NO4/c1-3-5-9-24-17-8-6-7-14(16(17)11-19(22)23)15-10-13(15)12-20-18(21)4-2/h6-8,13,15H,3-5,9-12H2,1-2H3,(H,20,21)(H,22,23)/t13-,15+/m0/s1. The quantitative estimate of drug-likeness (QED) is 0.645. The van der Waals surface area contributed by atoms with Crippen molar-refractivity contribution >= 4 is 11.9 Å². The molecule has 1 amide bonds. The molecular formula is C19H27NO4. The summed E-state index contributed by atoms with van der Waals surface area (Å²) >= 11 is 0. The summed E-state index contributed by atoms with van der Waals surface area (Å²) in [6, 6.07) is 5.78. The Morgan fingerprint density at radius 1 is 1.33 bits per heavy atom. The average Bonchev–Trinajstić information content (AvgIpc) is 3.33. The summed E-state index contributed by atoms with van der Waals surface area (Å²) in [6.07, 6.45) is 3.43. The molecule has 5 nitrogen and oxygen atoms in total. The van der Waals surface area contributed by atoms with Gasteiger partial charge in [-0.05, 0) is 36.3 Å². The first-order chi connectivity index (χ1) is 11.6. The van der Waals surface area contributed by atoms with E-state index < -0.39 is 5.97 Å². The van der Waals surface area contributed by atoms with Crippen molar-refractivity contribution in [2.75, 3.05) is 13.2 Å². The van der Waals surface area contributed by atoms with Crippen LogP contribution in [0.1, 0.15) is 56.6 Å². The zero-order valence-electron chi connectivity index (χ0n) is 14.5. The summed E-state index contributed by atoms with van der Waals surface area (Å²) in [6.45, 7) is 5.19. The summed E-state index contributed by atoms with van der Waals surface area (Å²) in [5.41, 5.74) is 1.84. The Labute approximate surface area is 143 Å². The van der Waals surface area contributed by atoms with Crippen LogP contribution in [0.5, 0.6) is 5.75 Å². The first-order valence-corrected chi connectivity index (χ1v) is 8.79. The van der Waals surface area contributed by atoms with E-state index in [1.54, 1.807) is 0 Å². The van der Waals surface area contributed by atoms with Crippen molar-refractivity contribution < 1.29 is 19.4 Å². The first-order valence-electron chi connectivity index (χ1n) is 8.79. The largest absolute Gasteiger partial charge is 0.493 e. The second kappa shape index (κ2) is 8.71. The van der Waals surface area contributed by atoms with Gasteiger partial charge >= 0.3 is 5.97 Å². The molecule has 2 N–H and O–H groups in total. The number of hydrogen-bond donors (Lipinski definition) is 2. The van der Waals surface area contributed by atoms with Gasteiger partial charge in [-0.25, -0.2) is 0 Å². The van der Waals surface area contributed by atoms with Crippen LogP contribution in [-0.2, 0) is 16.0 Å². The summed E-state index contributed by atoms with van der Waals surface area (Å²) in [5.74, 6) is 0.596. The fraction of sp³-hybridized carbons (Fsp3) is 0.579. The lowest BCUT2D eigenvalue weighted by Crippen LogP contribution is -2.24. The molecule has 0 aliphatic heterocycles. The van der Waals surface area contributed by atoms with E-state index in [-0.39, 0.29) is 12.3 Å². The molecule has 0 bridgehead atoms. The van der Waals surface area contributed by atoms with Crippen LogP contribution in [0.25, 0.3) is 0 Å². The van der Waals surface area contributed by atoms with E-state index in [1.165, 1.54) is 0 Å². The van der Waals surface area contributed by atoms with Gasteiger partial charge in [0.15, 0.2) is 0 Å². The van der Waals surface area contributed by atoms with Gasteiger partial charge in [0, 0.05) is 18.5 Å². The maximum atomic E-state index is 11.4. The lowest BCUT2D eigenvalue weighted by Gasteiger charge is -2.15. The molecular weight excluding hydrogens is 306 g/mol. The molecule has 132 valence electrons. The zero-order chi connectivity index (χ0) is 17.5. The zero-order valence-corrected chi connectivity index (χ0v) is 14.5. The summed E-state index contributed by atoms with van der Waals surface area (Å²) in [4.78, 5) is 22.7. The van der Waals surface area contributed by atoms with Crippen molar-refractivity contribution in [2.24, 2.45) is 5.92 Å². The number of carboxylic acids is 1. The third kappa shape index (κ3) is 4.98. The first kappa shape index (κ1) is 18.3. The molecule has 2 atom stereocenters. The van der Waals surface area contributed by atoms with E-state index in [2.05, 4.69) is 12.2 Å². The van der Waals surface area contributed by atoms with Crippen molar-refractivity contribution in [3.05, 3.63) is 29.3 Å². The Bertz CT molecular complexity index is 585. The van der Waals surface area contributed by atoms with E-state index in [4.69, 9.17) is 4.74 Å². The fourth-order valence-corrected chi connectivity index (χ4v) is 2.96. The third-order valence-corrected chi connectivity index (χ3v) is 4.46. The predicted molar refractivity (Wildman–Crippen MR) is 92.3 cm³/mol. The molecule has 0 aromatic heterocycles. The number of amides is 1. The number of benzene rings is 1. The van der Waals surface area contributed by atoms with Crippen LogP contribution in [0.15, 0.2) is 18.2 Å². The molecule has 1 fully saturated rings. The second-order valence-electron chi connectivity index (χ2n) is 6.36. The van der Waals surface area contributed by atoms with Crippen LogP contribution in [-0.4, -0.2) is 30.1 Å². The van der Waals surface area contributed by atoms with Gasteiger partial charge in [-0.2, -0.15) is 0 Å². The number of carbonyl (C=O) groups is 2. The maximum absolute atomic E-state index is 11.4. The van der Waals surface area contributed by atoms with Crippen molar-refractivity contribution in [1.29, 1.82) is 0 Å². The highest BCUT2D eigenvalue weighted by Gasteiger charge is 2.40. The number of carboxylic acid groups (broad SMARTS) is 1. The molecule has 24 heavy (non-hydrogen) atoms. The summed E-state index contributed by atoms with van der Waals surface area (Å²) in [5, 5.41) is 12.2. The highest BCUT2D eigenvalue weighted by molar-refractivity contribution is 5.75. The van der Waals surface area contributed by atoms with Crippen molar-refractivity contribution in [2.45, 2.75) is 51.9 Å². The lowest BCUT2D eigenvalue weighted by molar-refractivity contribution is -0.136. The van der Waals surface area contributed by atoms with Gasteiger partial charge < -0.3 is 15.2 Å².